The van der Waals surface area contributed by atoms with Crippen molar-refractivity contribution in [3.63, 3.8) is 0 Å². The van der Waals surface area contributed by atoms with Crippen LogP contribution in [0.3, 0.4) is 0 Å². The minimum atomic E-state index is -0.497. The normalized spacial score (nSPS) is 10.7. The Morgan fingerprint density at radius 2 is 1.50 bits per heavy atom. The van der Waals surface area contributed by atoms with Crippen molar-refractivity contribution in [3.8, 4) is 0 Å². The van der Waals surface area contributed by atoms with E-state index in [0.29, 0.717) is 11.4 Å². The van der Waals surface area contributed by atoms with E-state index in [1.165, 1.54) is 12.1 Å². The summed E-state index contributed by atoms with van der Waals surface area (Å²) in [5.41, 5.74) is 6.76. The fourth-order valence-electron chi connectivity index (χ4n) is 1.39. The van der Waals surface area contributed by atoms with E-state index in [1.54, 1.807) is 36.4 Å². The Bertz CT molecular complexity index is 611. The highest BCUT2D eigenvalue weighted by molar-refractivity contribution is 5.62. The summed E-state index contributed by atoms with van der Waals surface area (Å²) in [5, 5.41) is 18.6. The van der Waals surface area contributed by atoms with Gasteiger partial charge in [-0.2, -0.15) is 0 Å². The fraction of sp³-hybridized carbons (Fsp3) is 0. The topological polar surface area (TPSA) is 93.9 Å². The second-order valence-corrected chi connectivity index (χ2v) is 3.50. The molecule has 0 unspecified atom stereocenters. The third-order valence-corrected chi connectivity index (χ3v) is 2.28. The summed E-state index contributed by atoms with van der Waals surface area (Å²) in [6.07, 6.45) is 0. The Morgan fingerprint density at radius 3 is 2.17 bits per heavy atom. The molecule has 6 heteroatoms. The van der Waals surface area contributed by atoms with Crippen LogP contribution in [-0.2, 0) is 0 Å². The smallest absolute Gasteiger partial charge is 0.296 e. The summed E-state index contributed by atoms with van der Waals surface area (Å²) >= 11 is 0. The first-order chi connectivity index (χ1) is 8.68. The first-order valence-electron chi connectivity index (χ1n) is 5.18. The molecule has 0 aliphatic rings. The molecule has 18 heavy (non-hydrogen) atoms. The molecule has 0 saturated carbocycles. The van der Waals surface area contributed by atoms with Gasteiger partial charge in [0.1, 0.15) is 5.69 Å². The van der Waals surface area contributed by atoms with Gasteiger partial charge in [-0.05, 0) is 18.2 Å². The van der Waals surface area contributed by atoms with E-state index in [4.69, 9.17) is 5.73 Å². The van der Waals surface area contributed by atoms with Crippen LogP contribution < -0.4 is 5.73 Å². The van der Waals surface area contributed by atoms with Crippen LogP contribution in [0.15, 0.2) is 58.8 Å². The van der Waals surface area contributed by atoms with Gasteiger partial charge in [0, 0.05) is 6.07 Å². The van der Waals surface area contributed by atoms with Crippen LogP contribution in [0, 0.1) is 10.1 Å². The number of anilines is 1. The van der Waals surface area contributed by atoms with E-state index in [9.17, 15) is 10.1 Å². The number of azo groups is 1. The molecule has 2 aromatic carbocycles. The summed E-state index contributed by atoms with van der Waals surface area (Å²) in [6.45, 7) is 0. The van der Waals surface area contributed by atoms with Gasteiger partial charge in [-0.15, -0.1) is 10.2 Å². The molecule has 2 rings (SSSR count). The van der Waals surface area contributed by atoms with Crippen molar-refractivity contribution in [2.45, 2.75) is 0 Å². The predicted octanol–water partition coefficient (Wildman–Crippen LogP) is 3.59. The Balaban J connectivity index is 2.35. The largest absolute Gasteiger partial charge is 0.397 e. The molecule has 2 N–H and O–H groups in total. The molecular formula is C12H10N4O2. The zero-order chi connectivity index (χ0) is 13.0. The van der Waals surface area contributed by atoms with Gasteiger partial charge in [-0.1, -0.05) is 24.3 Å². The van der Waals surface area contributed by atoms with Crippen LogP contribution in [0.1, 0.15) is 0 Å². The number of nitrogen functional groups attached to an aromatic ring is 1. The molecule has 0 fully saturated rings. The highest BCUT2D eigenvalue weighted by Gasteiger charge is 2.11. The van der Waals surface area contributed by atoms with Crippen molar-refractivity contribution in [3.05, 3.63) is 58.6 Å². The number of nitrogens with zero attached hydrogens (tertiary/aromatic N) is 3. The number of para-hydroxylation sites is 2. The van der Waals surface area contributed by atoms with Crippen LogP contribution in [0.5, 0.6) is 0 Å². The molecule has 6 nitrogen and oxygen atoms in total. The van der Waals surface area contributed by atoms with Crippen LogP contribution in [0.4, 0.5) is 22.7 Å². The fourth-order valence-corrected chi connectivity index (χ4v) is 1.39. The third kappa shape index (κ3) is 2.49. The number of hydrogen-bond donors (Lipinski definition) is 1. The number of nitro benzene ring substituents is 1. The van der Waals surface area contributed by atoms with Crippen molar-refractivity contribution < 1.29 is 4.92 Å². The SMILES string of the molecule is Nc1ccccc1/N=N/c1ccccc1[N+](=O)[O-]. The standard InChI is InChI=1S/C12H10N4O2/c13-9-5-1-2-6-10(9)14-15-11-7-3-4-8-12(11)16(17)18/h1-8H,13H2/b15-14+. The van der Waals surface area contributed by atoms with E-state index < -0.39 is 4.92 Å². The minimum absolute atomic E-state index is 0.0873. The molecule has 0 atom stereocenters. The first-order valence-corrected chi connectivity index (χ1v) is 5.18. The number of nitrogens with two attached hydrogens (primary N) is 1. The predicted molar refractivity (Wildman–Crippen MR) is 68.1 cm³/mol. The molecular weight excluding hydrogens is 232 g/mol. The molecule has 0 radical (unpaired) electrons. The van der Waals surface area contributed by atoms with Gasteiger partial charge in [0.2, 0.25) is 0 Å². The summed E-state index contributed by atoms with van der Waals surface area (Å²) in [7, 11) is 0. The summed E-state index contributed by atoms with van der Waals surface area (Å²) in [4.78, 5) is 10.3. The van der Waals surface area contributed by atoms with E-state index in [-0.39, 0.29) is 11.4 Å². The molecule has 0 bridgehead atoms. The van der Waals surface area contributed by atoms with Crippen LogP contribution in [-0.4, -0.2) is 4.92 Å². The van der Waals surface area contributed by atoms with Gasteiger partial charge in [0.25, 0.3) is 5.69 Å². The first kappa shape index (κ1) is 11.7. The number of benzene rings is 2. The van der Waals surface area contributed by atoms with Gasteiger partial charge in [-0.25, -0.2) is 0 Å². The Hall–Kier alpha value is -2.76. The molecule has 0 amide bonds. The molecule has 0 spiro atoms. The molecule has 2 aromatic rings. The van der Waals surface area contributed by atoms with E-state index in [1.807, 2.05) is 0 Å². The monoisotopic (exact) mass is 242 g/mol. The maximum absolute atomic E-state index is 10.8. The molecule has 0 aliphatic heterocycles. The Morgan fingerprint density at radius 1 is 0.944 bits per heavy atom. The van der Waals surface area contributed by atoms with Gasteiger partial charge < -0.3 is 5.73 Å². The van der Waals surface area contributed by atoms with Gasteiger partial charge >= 0.3 is 0 Å². The molecule has 0 heterocycles. The lowest BCUT2D eigenvalue weighted by Crippen LogP contribution is -1.87. The van der Waals surface area contributed by atoms with Crippen molar-refractivity contribution in [1.82, 2.24) is 0 Å². The summed E-state index contributed by atoms with van der Waals surface area (Å²) in [5.74, 6) is 0. The molecule has 0 aromatic heterocycles. The Labute approximate surface area is 103 Å². The number of rotatable bonds is 3. The highest BCUT2D eigenvalue weighted by atomic mass is 16.6. The highest BCUT2D eigenvalue weighted by Crippen LogP contribution is 2.29. The number of nitro groups is 1. The van der Waals surface area contributed by atoms with Crippen LogP contribution in [0.25, 0.3) is 0 Å². The van der Waals surface area contributed by atoms with Crippen molar-refractivity contribution in [2.75, 3.05) is 5.73 Å². The molecule has 0 saturated heterocycles. The molecule has 0 aliphatic carbocycles. The van der Waals surface area contributed by atoms with Gasteiger partial charge in [0.05, 0.1) is 10.6 Å². The van der Waals surface area contributed by atoms with Crippen molar-refractivity contribution >= 4 is 22.7 Å². The van der Waals surface area contributed by atoms with Crippen molar-refractivity contribution in [2.24, 2.45) is 10.2 Å². The zero-order valence-electron chi connectivity index (χ0n) is 9.35. The quantitative estimate of drug-likeness (QED) is 0.385. The average molecular weight is 242 g/mol. The third-order valence-electron chi connectivity index (χ3n) is 2.28. The Kier molecular flexibility index (Phi) is 3.29. The average Bonchev–Trinajstić information content (AvgIpc) is 2.38. The summed E-state index contributed by atoms with van der Waals surface area (Å²) < 4.78 is 0. The maximum Gasteiger partial charge on any atom is 0.296 e. The van der Waals surface area contributed by atoms with E-state index >= 15 is 0 Å². The zero-order valence-corrected chi connectivity index (χ0v) is 9.35. The second kappa shape index (κ2) is 5.05. The van der Waals surface area contributed by atoms with Crippen LogP contribution in [0.2, 0.25) is 0 Å². The van der Waals surface area contributed by atoms with Gasteiger partial charge in [-0.3, -0.25) is 10.1 Å². The maximum atomic E-state index is 10.8. The van der Waals surface area contributed by atoms with Crippen molar-refractivity contribution in [1.29, 1.82) is 0 Å². The minimum Gasteiger partial charge on any atom is -0.397 e. The second-order valence-electron chi connectivity index (χ2n) is 3.50. The van der Waals surface area contributed by atoms with Gasteiger partial charge in [0.15, 0.2) is 5.69 Å². The van der Waals surface area contributed by atoms with E-state index in [2.05, 4.69) is 10.2 Å². The lowest BCUT2D eigenvalue weighted by atomic mass is 10.3. The summed E-state index contributed by atoms with van der Waals surface area (Å²) in [6, 6.07) is 13.1. The number of hydrogen-bond acceptors (Lipinski definition) is 5. The lowest BCUT2D eigenvalue weighted by Gasteiger charge is -1.98. The lowest BCUT2D eigenvalue weighted by molar-refractivity contribution is -0.384. The molecule has 90 valence electrons. The van der Waals surface area contributed by atoms with Crippen LogP contribution >= 0.6 is 0 Å². The van der Waals surface area contributed by atoms with E-state index in [0.717, 1.165) is 0 Å².